The second kappa shape index (κ2) is 9.37. The number of fused-ring (bicyclic) bond motifs is 1. The monoisotopic (exact) mass is 418 g/mol. The Labute approximate surface area is 174 Å². The molecule has 3 rings (SSSR count). The van der Waals surface area contributed by atoms with Crippen molar-refractivity contribution in [1.82, 2.24) is 4.98 Å². The molecule has 2 aromatic carbocycles. The maximum atomic E-state index is 13.1. The Morgan fingerprint density at radius 1 is 1.21 bits per heavy atom. The molecule has 1 heterocycles. The maximum absolute atomic E-state index is 13.1. The lowest BCUT2D eigenvalue weighted by molar-refractivity contribution is -0.856. The van der Waals surface area contributed by atoms with Gasteiger partial charge >= 0.3 is 0 Å². The van der Waals surface area contributed by atoms with E-state index in [9.17, 15) is 4.79 Å². The molecule has 3 aromatic rings. The zero-order valence-corrected chi connectivity index (χ0v) is 17.9. The molecule has 0 saturated heterocycles. The van der Waals surface area contributed by atoms with Crippen LogP contribution in [0.25, 0.3) is 10.2 Å². The smallest absolute Gasteiger partial charge is 0.229 e. The fourth-order valence-electron chi connectivity index (χ4n) is 2.91. The third kappa shape index (κ3) is 4.82. The number of carbonyl (C=O) groups excluding carboxylic acids is 1. The Bertz CT molecular complexity index is 943. The van der Waals surface area contributed by atoms with Gasteiger partial charge in [-0.05, 0) is 24.1 Å². The van der Waals surface area contributed by atoms with Crippen LogP contribution in [0.5, 0.6) is 5.75 Å². The van der Waals surface area contributed by atoms with Crippen LogP contribution in [0, 0.1) is 0 Å². The van der Waals surface area contributed by atoms with Crippen molar-refractivity contribution in [3.05, 3.63) is 53.1 Å². The lowest BCUT2D eigenvalue weighted by Gasteiger charge is -2.20. The lowest BCUT2D eigenvalue weighted by atomic mass is 10.1. The van der Waals surface area contributed by atoms with Crippen LogP contribution in [0.3, 0.4) is 0 Å². The molecule has 0 radical (unpaired) electrons. The maximum Gasteiger partial charge on any atom is 0.229 e. The van der Waals surface area contributed by atoms with E-state index in [-0.39, 0.29) is 5.91 Å². The van der Waals surface area contributed by atoms with Crippen LogP contribution in [-0.2, 0) is 11.2 Å². The van der Waals surface area contributed by atoms with Crippen LogP contribution in [0.4, 0.5) is 5.13 Å². The van der Waals surface area contributed by atoms with E-state index in [4.69, 9.17) is 21.3 Å². The van der Waals surface area contributed by atoms with Crippen LogP contribution in [0.1, 0.15) is 12.0 Å². The first-order chi connectivity index (χ1) is 13.5. The van der Waals surface area contributed by atoms with E-state index in [1.807, 2.05) is 30.3 Å². The number of nitrogens with zero attached hydrogens (tertiary/aromatic N) is 2. The number of rotatable bonds is 8. The van der Waals surface area contributed by atoms with Crippen molar-refractivity contribution in [3.8, 4) is 5.75 Å². The van der Waals surface area contributed by atoms with E-state index in [0.717, 1.165) is 16.8 Å². The first-order valence-electron chi connectivity index (χ1n) is 9.26. The van der Waals surface area contributed by atoms with Crippen molar-refractivity contribution in [2.24, 2.45) is 0 Å². The number of amides is 1. The molecule has 1 aromatic heterocycles. The normalized spacial score (nSPS) is 11.2. The average molecular weight is 419 g/mol. The van der Waals surface area contributed by atoms with Crippen molar-refractivity contribution in [2.75, 3.05) is 39.2 Å². The summed E-state index contributed by atoms with van der Waals surface area (Å²) in [4.78, 5) is 20.8. The first-order valence-corrected chi connectivity index (χ1v) is 10.5. The fraction of sp³-hybridized carbons (Fsp3) is 0.333. The van der Waals surface area contributed by atoms with Gasteiger partial charge in [0.1, 0.15) is 11.3 Å². The summed E-state index contributed by atoms with van der Waals surface area (Å²) in [7, 11) is 5.76. The number of nitrogens with one attached hydrogen (secondary N) is 1. The molecule has 0 saturated carbocycles. The Morgan fingerprint density at radius 2 is 1.96 bits per heavy atom. The summed E-state index contributed by atoms with van der Waals surface area (Å²) >= 11 is 7.80. The number of halogens is 1. The van der Waals surface area contributed by atoms with Gasteiger partial charge in [0.25, 0.3) is 0 Å². The van der Waals surface area contributed by atoms with Gasteiger partial charge in [0.05, 0.1) is 44.0 Å². The van der Waals surface area contributed by atoms with Crippen LogP contribution in [-0.4, -0.2) is 45.2 Å². The van der Waals surface area contributed by atoms with Crippen molar-refractivity contribution in [1.29, 1.82) is 0 Å². The molecular formula is C21H25ClN3O2S+. The highest BCUT2D eigenvalue weighted by Gasteiger charge is 2.22. The van der Waals surface area contributed by atoms with Gasteiger partial charge in [-0.25, -0.2) is 4.98 Å². The van der Waals surface area contributed by atoms with Gasteiger partial charge in [0, 0.05) is 6.42 Å². The summed E-state index contributed by atoms with van der Waals surface area (Å²) in [6.45, 7) is 1.44. The van der Waals surface area contributed by atoms with Gasteiger partial charge in [0.15, 0.2) is 5.13 Å². The Kier molecular flexibility index (Phi) is 6.88. The molecule has 0 unspecified atom stereocenters. The van der Waals surface area contributed by atoms with Gasteiger partial charge in [0.2, 0.25) is 5.91 Å². The van der Waals surface area contributed by atoms with Gasteiger partial charge in [-0.1, -0.05) is 53.3 Å². The van der Waals surface area contributed by atoms with E-state index < -0.39 is 0 Å². The highest BCUT2D eigenvalue weighted by Crippen LogP contribution is 2.38. The molecule has 5 nitrogen and oxygen atoms in total. The number of hydrogen-bond donors (Lipinski definition) is 1. The molecule has 1 amide bonds. The minimum absolute atomic E-state index is 0.0687. The molecule has 0 aliphatic heterocycles. The molecule has 0 bridgehead atoms. The molecule has 148 valence electrons. The van der Waals surface area contributed by atoms with Gasteiger partial charge < -0.3 is 9.64 Å². The number of hydrogen-bond acceptors (Lipinski definition) is 4. The second-order valence-corrected chi connectivity index (χ2v) is 8.30. The topological polar surface area (TPSA) is 46.9 Å². The number of anilines is 1. The predicted octanol–water partition coefficient (Wildman–Crippen LogP) is 3.07. The molecule has 28 heavy (non-hydrogen) atoms. The summed E-state index contributed by atoms with van der Waals surface area (Å²) in [5.74, 6) is 0.732. The van der Waals surface area contributed by atoms with Crippen LogP contribution in [0.2, 0.25) is 5.02 Å². The number of ether oxygens (including phenoxy) is 1. The standard InChI is InChI=1S/C21H24ClN3O2S/c1-24(2)13-14-25(18(26)12-9-15-7-5-4-6-8-15)21-23-19-17(27-3)11-10-16(22)20(19)28-21/h4-8,10-11H,9,12-14H2,1-3H3/p+1. The van der Waals surface area contributed by atoms with Crippen molar-refractivity contribution in [2.45, 2.75) is 12.8 Å². The Balaban J connectivity index is 1.87. The Hall–Kier alpha value is -2.15. The summed E-state index contributed by atoms with van der Waals surface area (Å²) in [5, 5.41) is 1.29. The van der Waals surface area contributed by atoms with Crippen molar-refractivity contribution >= 4 is 44.2 Å². The van der Waals surface area contributed by atoms with Gasteiger partial charge in [-0.15, -0.1) is 0 Å². The predicted molar refractivity (Wildman–Crippen MR) is 116 cm³/mol. The first kappa shape index (κ1) is 20.6. The van der Waals surface area contributed by atoms with Crippen molar-refractivity contribution < 1.29 is 14.4 Å². The third-order valence-corrected chi connectivity index (χ3v) is 6.04. The number of likely N-dealkylation sites (N-methyl/N-ethyl adjacent to an activating group) is 1. The number of carbonyl (C=O) groups is 1. The van der Waals surface area contributed by atoms with Crippen LogP contribution < -0.4 is 14.5 Å². The summed E-state index contributed by atoms with van der Waals surface area (Å²) < 4.78 is 6.26. The summed E-state index contributed by atoms with van der Waals surface area (Å²) in [6.07, 6.45) is 1.15. The lowest BCUT2D eigenvalue weighted by Crippen LogP contribution is -3.06. The number of aromatic nitrogens is 1. The largest absolute Gasteiger partial charge is 0.494 e. The molecule has 0 aliphatic rings. The zero-order chi connectivity index (χ0) is 20.1. The molecule has 7 heteroatoms. The number of methoxy groups -OCH3 is 1. The SMILES string of the molecule is COc1ccc(Cl)c2sc(N(CC[NH+](C)C)C(=O)CCc3ccccc3)nc12. The minimum atomic E-state index is 0.0687. The highest BCUT2D eigenvalue weighted by atomic mass is 35.5. The summed E-state index contributed by atoms with van der Waals surface area (Å²) in [5.41, 5.74) is 1.86. The fourth-order valence-corrected chi connectivity index (χ4v) is 4.21. The van der Waals surface area contributed by atoms with E-state index in [1.54, 1.807) is 24.1 Å². The molecule has 0 spiro atoms. The Morgan fingerprint density at radius 3 is 2.64 bits per heavy atom. The van der Waals surface area contributed by atoms with Crippen LogP contribution >= 0.6 is 22.9 Å². The third-order valence-electron chi connectivity index (χ3n) is 4.50. The molecular weight excluding hydrogens is 394 g/mol. The number of thiazole rings is 1. The quantitative estimate of drug-likeness (QED) is 0.611. The number of quaternary nitrogens is 1. The molecule has 1 N–H and O–H groups in total. The number of aryl methyl sites for hydroxylation is 1. The summed E-state index contributed by atoms with van der Waals surface area (Å²) in [6, 6.07) is 13.7. The van der Waals surface area contributed by atoms with Crippen molar-refractivity contribution in [3.63, 3.8) is 0 Å². The van der Waals surface area contributed by atoms with Gasteiger partial charge in [-0.3, -0.25) is 9.69 Å². The van der Waals surface area contributed by atoms with E-state index in [2.05, 4.69) is 14.1 Å². The van der Waals surface area contributed by atoms with E-state index in [1.165, 1.54) is 16.2 Å². The van der Waals surface area contributed by atoms with E-state index in [0.29, 0.717) is 40.8 Å². The second-order valence-electron chi connectivity index (χ2n) is 6.91. The molecule has 0 atom stereocenters. The molecule has 0 fully saturated rings. The zero-order valence-electron chi connectivity index (χ0n) is 16.4. The molecule has 0 aliphatic carbocycles. The average Bonchev–Trinajstić information content (AvgIpc) is 3.13. The minimum Gasteiger partial charge on any atom is -0.494 e. The van der Waals surface area contributed by atoms with E-state index >= 15 is 0 Å². The number of benzene rings is 2. The highest BCUT2D eigenvalue weighted by molar-refractivity contribution is 7.23. The van der Waals surface area contributed by atoms with Gasteiger partial charge in [-0.2, -0.15) is 0 Å². The van der Waals surface area contributed by atoms with Crippen LogP contribution in [0.15, 0.2) is 42.5 Å².